The van der Waals surface area contributed by atoms with Crippen LogP contribution >= 0.6 is 15.9 Å². The Kier molecular flexibility index (Phi) is 5.88. The van der Waals surface area contributed by atoms with Crippen LogP contribution in [0.5, 0.6) is 0 Å². The molecule has 1 aromatic rings. The molecule has 1 N–H and O–H groups in total. The van der Waals surface area contributed by atoms with E-state index in [0.29, 0.717) is 23.7 Å². The van der Waals surface area contributed by atoms with Crippen molar-refractivity contribution in [3.8, 4) is 0 Å². The molecule has 1 atom stereocenters. The van der Waals surface area contributed by atoms with Gasteiger partial charge in [-0.15, -0.1) is 0 Å². The third-order valence-electron chi connectivity index (χ3n) is 2.45. The number of sulfonamides is 1. The van der Waals surface area contributed by atoms with E-state index in [-0.39, 0.29) is 6.04 Å². The molecule has 1 aromatic carbocycles. The van der Waals surface area contributed by atoms with Crippen molar-refractivity contribution in [2.75, 3.05) is 5.33 Å². The van der Waals surface area contributed by atoms with E-state index in [2.05, 4.69) is 20.7 Å². The van der Waals surface area contributed by atoms with Gasteiger partial charge in [0.1, 0.15) is 16.5 Å². The lowest BCUT2D eigenvalue weighted by molar-refractivity contribution is 0.484. The van der Waals surface area contributed by atoms with E-state index >= 15 is 0 Å². The predicted octanol–water partition coefficient (Wildman–Crippen LogP) is 3.05. The van der Waals surface area contributed by atoms with Crippen molar-refractivity contribution in [1.82, 2.24) is 4.72 Å². The second kappa shape index (κ2) is 6.76. The first-order valence-corrected chi connectivity index (χ1v) is 8.40. The Morgan fingerprint density at radius 3 is 2.42 bits per heavy atom. The predicted molar refractivity (Wildman–Crippen MR) is 73.7 cm³/mol. The number of benzene rings is 1. The van der Waals surface area contributed by atoms with Gasteiger partial charge in [0, 0.05) is 17.4 Å². The van der Waals surface area contributed by atoms with Crippen LogP contribution in [0.4, 0.5) is 8.78 Å². The van der Waals surface area contributed by atoms with E-state index in [9.17, 15) is 17.2 Å². The van der Waals surface area contributed by atoms with Gasteiger partial charge in [0.15, 0.2) is 0 Å². The van der Waals surface area contributed by atoms with Crippen LogP contribution in [0.3, 0.4) is 0 Å². The van der Waals surface area contributed by atoms with Crippen LogP contribution in [-0.2, 0) is 10.0 Å². The zero-order valence-corrected chi connectivity index (χ0v) is 13.1. The summed E-state index contributed by atoms with van der Waals surface area (Å²) in [5, 5.41) is 0.424. The van der Waals surface area contributed by atoms with E-state index < -0.39 is 26.6 Å². The summed E-state index contributed by atoms with van der Waals surface area (Å²) in [4.78, 5) is -0.538. The Hall–Kier alpha value is -0.530. The van der Waals surface area contributed by atoms with Crippen molar-refractivity contribution >= 4 is 26.0 Å². The first-order chi connectivity index (χ1) is 8.76. The highest BCUT2D eigenvalue weighted by Crippen LogP contribution is 2.17. The molecule has 0 amide bonds. The zero-order valence-electron chi connectivity index (χ0n) is 10.7. The van der Waals surface area contributed by atoms with Gasteiger partial charge < -0.3 is 0 Å². The lowest BCUT2D eigenvalue weighted by atomic mass is 10.1. The minimum absolute atomic E-state index is 0.295. The lowest BCUT2D eigenvalue weighted by Gasteiger charge is -2.18. The van der Waals surface area contributed by atoms with Crippen LogP contribution in [0.2, 0.25) is 0 Å². The van der Waals surface area contributed by atoms with Gasteiger partial charge in [0.25, 0.3) is 0 Å². The molecule has 108 valence electrons. The van der Waals surface area contributed by atoms with E-state index in [4.69, 9.17) is 0 Å². The van der Waals surface area contributed by atoms with Gasteiger partial charge in [-0.1, -0.05) is 29.8 Å². The van der Waals surface area contributed by atoms with E-state index in [1.165, 1.54) is 0 Å². The highest BCUT2D eigenvalue weighted by atomic mass is 79.9. The molecule has 0 aromatic heterocycles. The van der Waals surface area contributed by atoms with Crippen molar-refractivity contribution in [3.05, 3.63) is 29.8 Å². The van der Waals surface area contributed by atoms with Crippen molar-refractivity contribution in [2.45, 2.75) is 31.2 Å². The van der Waals surface area contributed by atoms with E-state index in [0.717, 1.165) is 12.1 Å². The maximum Gasteiger partial charge on any atom is 0.243 e. The minimum Gasteiger partial charge on any atom is -0.207 e. The number of rotatable bonds is 6. The van der Waals surface area contributed by atoms with E-state index in [1.54, 1.807) is 0 Å². The molecule has 3 nitrogen and oxygen atoms in total. The smallest absolute Gasteiger partial charge is 0.207 e. The van der Waals surface area contributed by atoms with Crippen LogP contribution in [0.15, 0.2) is 23.1 Å². The zero-order chi connectivity index (χ0) is 14.6. The fourth-order valence-electron chi connectivity index (χ4n) is 1.69. The molecule has 0 aliphatic heterocycles. The number of hydrogen-bond donors (Lipinski definition) is 1. The normalized spacial score (nSPS) is 13.8. The van der Waals surface area contributed by atoms with Gasteiger partial charge >= 0.3 is 0 Å². The van der Waals surface area contributed by atoms with Crippen LogP contribution < -0.4 is 4.72 Å². The maximum absolute atomic E-state index is 13.5. The quantitative estimate of drug-likeness (QED) is 0.797. The van der Waals surface area contributed by atoms with Crippen molar-refractivity contribution in [3.63, 3.8) is 0 Å². The van der Waals surface area contributed by atoms with Crippen molar-refractivity contribution in [1.29, 1.82) is 0 Å². The summed E-state index contributed by atoms with van der Waals surface area (Å²) >= 11 is 3.22. The molecular weight excluding hydrogens is 340 g/mol. The average Bonchev–Trinajstić information content (AvgIpc) is 2.26. The Balaban J connectivity index is 2.97. The van der Waals surface area contributed by atoms with Gasteiger partial charge in [-0.2, -0.15) is 0 Å². The van der Waals surface area contributed by atoms with Gasteiger partial charge in [-0.25, -0.2) is 21.9 Å². The second-order valence-corrected chi connectivity index (χ2v) is 7.01. The molecular formula is C12H16BrF2NO2S. The number of alkyl halides is 1. The fourth-order valence-corrected chi connectivity index (χ4v) is 3.64. The fraction of sp³-hybridized carbons (Fsp3) is 0.500. The van der Waals surface area contributed by atoms with Gasteiger partial charge in [0.2, 0.25) is 10.0 Å². The Morgan fingerprint density at radius 2 is 1.95 bits per heavy atom. The molecule has 0 aliphatic carbocycles. The molecule has 0 heterocycles. The molecule has 0 fully saturated rings. The minimum atomic E-state index is -3.99. The van der Waals surface area contributed by atoms with Gasteiger partial charge in [0.05, 0.1) is 0 Å². The highest BCUT2D eigenvalue weighted by molar-refractivity contribution is 9.09. The summed E-state index contributed by atoms with van der Waals surface area (Å²) in [6.07, 6.45) is 0.618. The molecule has 0 saturated heterocycles. The van der Waals surface area contributed by atoms with Gasteiger partial charge in [-0.05, 0) is 24.5 Å². The summed E-state index contributed by atoms with van der Waals surface area (Å²) in [6, 6.07) is 2.06. The Morgan fingerprint density at radius 1 is 1.32 bits per heavy atom. The first kappa shape index (κ1) is 16.5. The molecule has 0 aliphatic rings. The molecule has 1 unspecified atom stereocenters. The topological polar surface area (TPSA) is 46.2 Å². The van der Waals surface area contributed by atoms with Crippen molar-refractivity contribution < 1.29 is 17.2 Å². The number of nitrogens with one attached hydrogen (secondary N) is 1. The summed E-state index contributed by atoms with van der Waals surface area (Å²) in [5.41, 5.74) is 0. The summed E-state index contributed by atoms with van der Waals surface area (Å²) in [7, 11) is -3.99. The monoisotopic (exact) mass is 355 g/mol. The van der Waals surface area contributed by atoms with Crippen LogP contribution in [0, 0.1) is 17.6 Å². The highest BCUT2D eigenvalue weighted by Gasteiger charge is 2.23. The van der Waals surface area contributed by atoms with Crippen LogP contribution in [-0.4, -0.2) is 19.8 Å². The Bertz CT molecular complexity index is 535. The largest absolute Gasteiger partial charge is 0.243 e. The SMILES string of the molecule is CC(C)CC(CBr)NS(=O)(=O)c1ccc(F)cc1F. The molecule has 19 heavy (non-hydrogen) atoms. The molecule has 0 bridgehead atoms. The standard InChI is InChI=1S/C12H16BrF2NO2S/c1-8(2)5-10(7-13)16-19(17,18)12-4-3-9(14)6-11(12)15/h3-4,6,8,10,16H,5,7H2,1-2H3. The van der Waals surface area contributed by atoms with E-state index in [1.807, 2.05) is 13.8 Å². The molecule has 7 heteroatoms. The lowest BCUT2D eigenvalue weighted by Crippen LogP contribution is -2.37. The summed E-state index contributed by atoms with van der Waals surface area (Å²) < 4.78 is 52.7. The number of hydrogen-bond acceptors (Lipinski definition) is 2. The van der Waals surface area contributed by atoms with Crippen molar-refractivity contribution in [2.24, 2.45) is 5.92 Å². The molecule has 0 radical (unpaired) electrons. The average molecular weight is 356 g/mol. The molecule has 0 saturated carbocycles. The summed E-state index contributed by atoms with van der Waals surface area (Å²) in [6.45, 7) is 3.92. The molecule has 1 rings (SSSR count). The maximum atomic E-state index is 13.5. The number of halogens is 3. The second-order valence-electron chi connectivity index (χ2n) is 4.68. The molecule has 0 spiro atoms. The summed E-state index contributed by atoms with van der Waals surface area (Å²) in [5.74, 6) is -1.61. The third-order valence-corrected chi connectivity index (χ3v) is 4.78. The van der Waals surface area contributed by atoms with Crippen LogP contribution in [0.25, 0.3) is 0 Å². The van der Waals surface area contributed by atoms with Gasteiger partial charge in [-0.3, -0.25) is 0 Å². The Labute approximate surface area is 120 Å². The first-order valence-electron chi connectivity index (χ1n) is 5.79. The third kappa shape index (κ3) is 4.81. The van der Waals surface area contributed by atoms with Crippen LogP contribution in [0.1, 0.15) is 20.3 Å².